The number of fused-ring (bicyclic) bond motifs is 1. The van der Waals surface area contributed by atoms with Gasteiger partial charge in [0, 0.05) is 16.1 Å². The van der Waals surface area contributed by atoms with Crippen LogP contribution in [0.3, 0.4) is 0 Å². The summed E-state index contributed by atoms with van der Waals surface area (Å²) in [6.07, 6.45) is 5.58. The lowest BCUT2D eigenvalue weighted by atomic mass is 10.1. The number of esters is 1. The number of ether oxygens (including phenoxy) is 1. The van der Waals surface area contributed by atoms with Crippen LogP contribution in [-0.2, 0) is 4.79 Å². The number of aromatic hydroxyl groups is 1. The second-order valence-electron chi connectivity index (χ2n) is 6.87. The van der Waals surface area contributed by atoms with Gasteiger partial charge in [0.25, 0.3) is 5.91 Å². The van der Waals surface area contributed by atoms with Crippen LogP contribution in [-0.4, -0.2) is 23.2 Å². The summed E-state index contributed by atoms with van der Waals surface area (Å²) in [5.74, 6) is -0.567. The third-order valence-electron chi connectivity index (χ3n) is 4.59. The van der Waals surface area contributed by atoms with Crippen molar-refractivity contribution in [1.82, 2.24) is 5.43 Å². The van der Waals surface area contributed by atoms with Crippen LogP contribution in [0.5, 0.6) is 11.5 Å². The second kappa shape index (κ2) is 9.97. The third kappa shape index (κ3) is 5.55. The van der Waals surface area contributed by atoms with Crippen molar-refractivity contribution in [2.45, 2.75) is 0 Å². The Kier molecular flexibility index (Phi) is 6.66. The fourth-order valence-corrected chi connectivity index (χ4v) is 3.40. The first kappa shape index (κ1) is 22.0. The minimum absolute atomic E-state index is 0.0924. The van der Waals surface area contributed by atoms with Gasteiger partial charge in [-0.15, -0.1) is 0 Å². The number of halogens is 1. The minimum Gasteiger partial charge on any atom is -0.507 e. The first-order valence-corrected chi connectivity index (χ1v) is 10.6. The van der Waals surface area contributed by atoms with Crippen LogP contribution in [0.15, 0.2) is 93.1 Å². The van der Waals surface area contributed by atoms with Gasteiger partial charge in [0.2, 0.25) is 0 Å². The van der Waals surface area contributed by atoms with Crippen LogP contribution < -0.4 is 10.2 Å². The molecule has 164 valence electrons. The Labute approximate surface area is 197 Å². The molecule has 0 atom stereocenters. The van der Waals surface area contributed by atoms with Crippen molar-refractivity contribution < 1.29 is 23.8 Å². The van der Waals surface area contributed by atoms with Crippen LogP contribution in [0.1, 0.15) is 21.7 Å². The van der Waals surface area contributed by atoms with E-state index in [9.17, 15) is 14.7 Å². The molecule has 0 fully saturated rings. The van der Waals surface area contributed by atoms with E-state index in [1.165, 1.54) is 30.7 Å². The highest BCUT2D eigenvalue weighted by Crippen LogP contribution is 2.25. The van der Waals surface area contributed by atoms with E-state index in [1.54, 1.807) is 36.4 Å². The molecule has 0 aliphatic carbocycles. The molecule has 0 bridgehead atoms. The molecule has 3 aromatic carbocycles. The van der Waals surface area contributed by atoms with Crippen molar-refractivity contribution in [3.8, 4) is 11.5 Å². The van der Waals surface area contributed by atoms with Crippen molar-refractivity contribution in [2.75, 3.05) is 0 Å². The van der Waals surface area contributed by atoms with E-state index >= 15 is 0 Å². The Morgan fingerprint density at radius 3 is 2.58 bits per heavy atom. The summed E-state index contributed by atoms with van der Waals surface area (Å²) in [7, 11) is 0. The second-order valence-corrected chi connectivity index (χ2v) is 7.78. The van der Waals surface area contributed by atoms with E-state index < -0.39 is 11.9 Å². The van der Waals surface area contributed by atoms with E-state index in [-0.39, 0.29) is 17.1 Å². The van der Waals surface area contributed by atoms with Gasteiger partial charge in [0.05, 0.1) is 18.0 Å². The largest absolute Gasteiger partial charge is 0.507 e. The predicted octanol–water partition coefficient (Wildman–Crippen LogP) is 5.28. The van der Waals surface area contributed by atoms with Gasteiger partial charge in [0.1, 0.15) is 17.3 Å². The average molecular weight is 505 g/mol. The van der Waals surface area contributed by atoms with Crippen LogP contribution in [0.4, 0.5) is 0 Å². The molecule has 0 saturated carbocycles. The Morgan fingerprint density at radius 1 is 1.03 bits per heavy atom. The predicted molar refractivity (Wildman–Crippen MR) is 128 cm³/mol. The first-order chi connectivity index (χ1) is 16.0. The van der Waals surface area contributed by atoms with Crippen LogP contribution in [0, 0.1) is 0 Å². The molecule has 0 unspecified atom stereocenters. The fraction of sp³-hybridized carbons (Fsp3) is 0. The highest BCUT2D eigenvalue weighted by molar-refractivity contribution is 9.10. The number of benzene rings is 3. The van der Waals surface area contributed by atoms with Gasteiger partial charge in [-0.1, -0.05) is 40.2 Å². The monoisotopic (exact) mass is 504 g/mol. The number of hydrogen-bond acceptors (Lipinski definition) is 6. The molecule has 4 rings (SSSR count). The number of rotatable bonds is 6. The van der Waals surface area contributed by atoms with Gasteiger partial charge in [-0.05, 0) is 59.3 Å². The normalized spacial score (nSPS) is 11.3. The summed E-state index contributed by atoms with van der Waals surface area (Å²) in [4.78, 5) is 24.7. The lowest BCUT2D eigenvalue weighted by Gasteiger charge is -2.07. The van der Waals surface area contributed by atoms with Crippen molar-refractivity contribution in [3.63, 3.8) is 0 Å². The van der Waals surface area contributed by atoms with E-state index in [0.29, 0.717) is 11.3 Å². The zero-order valence-corrected chi connectivity index (χ0v) is 18.7. The molecule has 0 aliphatic heterocycles. The van der Waals surface area contributed by atoms with Crippen molar-refractivity contribution in [2.24, 2.45) is 5.10 Å². The third-order valence-corrected chi connectivity index (χ3v) is 5.08. The molecule has 0 aliphatic rings. The number of amides is 1. The summed E-state index contributed by atoms with van der Waals surface area (Å²) in [5.41, 5.74) is 2.93. The van der Waals surface area contributed by atoms with Gasteiger partial charge in [-0.2, -0.15) is 5.10 Å². The molecule has 2 N–H and O–H groups in total. The maximum atomic E-state index is 12.5. The summed E-state index contributed by atoms with van der Waals surface area (Å²) in [6.45, 7) is 0. The van der Waals surface area contributed by atoms with E-state index in [1.807, 2.05) is 24.3 Å². The topological polar surface area (TPSA) is 101 Å². The zero-order chi connectivity index (χ0) is 23.2. The lowest BCUT2D eigenvalue weighted by Crippen LogP contribution is -2.18. The molecule has 8 heteroatoms. The Hall–Kier alpha value is -4.17. The maximum absolute atomic E-state index is 12.5. The average Bonchev–Trinajstić information content (AvgIpc) is 3.32. The number of hydrogen-bond donors (Lipinski definition) is 2. The molecule has 1 heterocycles. The SMILES string of the molecule is O=C(C=Cc1ccco1)Oc1ccc(Br)cc1C=NNC(=O)c1cc2ccccc2cc1O. The zero-order valence-electron chi connectivity index (χ0n) is 17.1. The molecule has 0 spiro atoms. The standard InChI is InChI=1S/C25H17BrN2O5/c26-19-7-9-23(33-24(30)10-8-20-6-3-11-32-20)18(12-19)15-27-28-25(31)21-13-16-4-1-2-5-17(16)14-22(21)29/h1-15,29H,(H,28,31). The number of hydrazone groups is 1. The maximum Gasteiger partial charge on any atom is 0.336 e. The summed E-state index contributed by atoms with van der Waals surface area (Å²) in [5, 5.41) is 15.8. The number of furan rings is 1. The molecule has 1 aromatic heterocycles. The van der Waals surface area contributed by atoms with E-state index in [4.69, 9.17) is 9.15 Å². The Morgan fingerprint density at radius 2 is 1.82 bits per heavy atom. The number of nitrogens with one attached hydrogen (secondary N) is 1. The summed E-state index contributed by atoms with van der Waals surface area (Å²) < 4.78 is 11.2. The Balaban J connectivity index is 1.48. The van der Waals surface area contributed by atoms with Crippen LogP contribution in [0.2, 0.25) is 0 Å². The molecular weight excluding hydrogens is 488 g/mol. The smallest absolute Gasteiger partial charge is 0.336 e. The number of carbonyl (C=O) groups excluding carboxylic acids is 2. The van der Waals surface area contributed by atoms with Gasteiger partial charge in [-0.25, -0.2) is 10.2 Å². The van der Waals surface area contributed by atoms with Crippen molar-refractivity contribution in [3.05, 3.63) is 100 Å². The molecular formula is C25H17BrN2O5. The van der Waals surface area contributed by atoms with Gasteiger partial charge < -0.3 is 14.3 Å². The Bertz CT molecular complexity index is 1380. The highest BCUT2D eigenvalue weighted by atomic mass is 79.9. The minimum atomic E-state index is -0.603. The molecule has 0 radical (unpaired) electrons. The number of phenolic OH excluding ortho intramolecular Hbond substituents is 1. The number of carbonyl (C=O) groups is 2. The molecule has 0 saturated heterocycles. The molecule has 4 aromatic rings. The van der Waals surface area contributed by atoms with Gasteiger partial charge >= 0.3 is 5.97 Å². The van der Waals surface area contributed by atoms with Crippen LogP contribution >= 0.6 is 15.9 Å². The van der Waals surface area contributed by atoms with Gasteiger partial charge in [0.15, 0.2) is 0 Å². The lowest BCUT2D eigenvalue weighted by molar-refractivity contribution is -0.128. The quantitative estimate of drug-likeness (QED) is 0.122. The fourth-order valence-electron chi connectivity index (χ4n) is 3.02. The molecule has 7 nitrogen and oxygen atoms in total. The molecule has 1 amide bonds. The van der Waals surface area contributed by atoms with Crippen molar-refractivity contribution in [1.29, 1.82) is 0 Å². The summed E-state index contributed by atoms with van der Waals surface area (Å²) in [6, 6.07) is 18.9. The van der Waals surface area contributed by atoms with E-state index in [2.05, 4.69) is 26.5 Å². The van der Waals surface area contributed by atoms with Crippen molar-refractivity contribution >= 4 is 50.9 Å². The number of phenols is 1. The number of nitrogens with zero attached hydrogens (tertiary/aromatic N) is 1. The van der Waals surface area contributed by atoms with E-state index in [0.717, 1.165) is 15.2 Å². The highest BCUT2D eigenvalue weighted by Gasteiger charge is 2.12. The first-order valence-electron chi connectivity index (χ1n) is 9.78. The molecule has 33 heavy (non-hydrogen) atoms. The summed E-state index contributed by atoms with van der Waals surface area (Å²) >= 11 is 3.36. The van der Waals surface area contributed by atoms with Crippen LogP contribution in [0.25, 0.3) is 16.8 Å². The van der Waals surface area contributed by atoms with Gasteiger partial charge in [-0.3, -0.25) is 4.79 Å².